The number of phenols is 3. The number of carbonyl (C=O) groups is 1. The quantitative estimate of drug-likeness (QED) is 0.0350. The molecule has 1 saturated heterocycles. The predicted octanol–water partition coefficient (Wildman–Crippen LogP) is 5.96. The van der Waals surface area contributed by atoms with Crippen LogP contribution >= 0.6 is 21.6 Å². The molecule has 4 aliphatic rings. The van der Waals surface area contributed by atoms with Gasteiger partial charge in [-0.1, -0.05) is 33.7 Å². The van der Waals surface area contributed by atoms with Crippen LogP contribution in [0.5, 0.6) is 28.7 Å². The highest BCUT2D eigenvalue weighted by atomic mass is 33.1. The molecule has 308 valence electrons. The number of aliphatic hydroxyl groups is 1. The molecule has 2 aliphatic carbocycles. The van der Waals surface area contributed by atoms with Crippen LogP contribution in [0.1, 0.15) is 81.1 Å². The van der Waals surface area contributed by atoms with Crippen LogP contribution in [0.3, 0.4) is 0 Å². The molecule has 57 heavy (non-hydrogen) atoms. The number of hydrogen-bond acceptors (Lipinski definition) is 13. The van der Waals surface area contributed by atoms with Gasteiger partial charge in [-0.05, 0) is 92.0 Å². The van der Waals surface area contributed by atoms with E-state index in [1.807, 2.05) is 45.9 Å². The van der Waals surface area contributed by atoms with Crippen LogP contribution in [0.15, 0.2) is 59.9 Å². The number of ether oxygens (including phenoxy) is 4. The van der Waals surface area contributed by atoms with Crippen LogP contribution in [0, 0.1) is 11.8 Å². The molecule has 2 aromatic carbocycles. The van der Waals surface area contributed by atoms with Crippen molar-refractivity contribution in [2.75, 3.05) is 25.5 Å². The second kappa shape index (κ2) is 18.7. The molecular formula is C42H54N4O9S2. The predicted molar refractivity (Wildman–Crippen MR) is 220 cm³/mol. The Morgan fingerprint density at radius 1 is 1.12 bits per heavy atom. The third-order valence-corrected chi connectivity index (χ3v) is 14.7. The first-order chi connectivity index (χ1) is 27.6. The minimum atomic E-state index is -0.567. The van der Waals surface area contributed by atoms with Crippen molar-refractivity contribution in [3.8, 4) is 28.7 Å². The molecule has 0 radical (unpaired) electrons. The van der Waals surface area contributed by atoms with Gasteiger partial charge in [0.2, 0.25) is 5.75 Å². The van der Waals surface area contributed by atoms with Crippen LogP contribution in [-0.4, -0.2) is 92.0 Å². The number of esters is 1. The van der Waals surface area contributed by atoms with E-state index in [0.717, 1.165) is 49.0 Å². The van der Waals surface area contributed by atoms with Crippen molar-refractivity contribution >= 4 is 33.5 Å². The molecule has 8 atom stereocenters. The summed E-state index contributed by atoms with van der Waals surface area (Å²) in [5.41, 5.74) is 8.63. The maximum atomic E-state index is 12.6. The lowest BCUT2D eigenvalue weighted by Crippen LogP contribution is -2.57. The number of nitrogens with one attached hydrogen (secondary N) is 1. The number of fused-ring (bicyclic) bond motifs is 7. The summed E-state index contributed by atoms with van der Waals surface area (Å²) in [5.74, 6) is 0.636. The zero-order chi connectivity index (χ0) is 39.9. The van der Waals surface area contributed by atoms with Crippen LogP contribution in [-0.2, 0) is 27.1 Å². The SMILES string of the molecule is CC(=O)O[C@@H]1C[C@@H](c2cc(O)c(O)c(OCCc3cccnc3)c2)O[C@H]2[C@H]1CC[C@@H]1SSC[C@@]3(NC(N)=NCCCO)CCC[C@@H](C3)Oc3cc(ccc3O)C[C@@H]21. The Morgan fingerprint density at radius 2 is 2.00 bits per heavy atom. The van der Waals surface area contributed by atoms with E-state index in [0.29, 0.717) is 55.9 Å². The number of nitrogens with two attached hydrogens (primary N) is 1. The first-order valence-electron chi connectivity index (χ1n) is 20.0. The van der Waals surface area contributed by atoms with E-state index in [1.54, 1.807) is 24.5 Å². The Kier molecular flexibility index (Phi) is 13.5. The summed E-state index contributed by atoms with van der Waals surface area (Å²) in [6.07, 6.45) is 9.12. The number of aromatic nitrogens is 1. The number of aromatic hydroxyl groups is 3. The number of hydrogen-bond donors (Lipinski definition) is 6. The van der Waals surface area contributed by atoms with Crippen molar-refractivity contribution in [2.24, 2.45) is 22.6 Å². The first kappa shape index (κ1) is 41.1. The lowest BCUT2D eigenvalue weighted by atomic mass is 9.70. The molecule has 1 aromatic heterocycles. The molecule has 3 heterocycles. The van der Waals surface area contributed by atoms with Gasteiger partial charge in [0, 0.05) is 74.6 Å². The van der Waals surface area contributed by atoms with Gasteiger partial charge in [0.05, 0.1) is 24.4 Å². The van der Waals surface area contributed by atoms with Crippen molar-refractivity contribution in [3.05, 3.63) is 71.5 Å². The zero-order valence-electron chi connectivity index (χ0n) is 32.3. The Bertz CT molecular complexity index is 1870. The maximum Gasteiger partial charge on any atom is 0.302 e. The Morgan fingerprint density at radius 3 is 2.81 bits per heavy atom. The lowest BCUT2D eigenvalue weighted by molar-refractivity contribution is -0.191. The van der Waals surface area contributed by atoms with Crippen LogP contribution in [0.2, 0.25) is 0 Å². The molecule has 7 N–H and O–H groups in total. The molecule has 15 heteroatoms. The maximum absolute atomic E-state index is 12.6. The van der Waals surface area contributed by atoms with Crippen molar-refractivity contribution in [1.82, 2.24) is 10.3 Å². The first-order valence-corrected chi connectivity index (χ1v) is 22.3. The van der Waals surface area contributed by atoms with Gasteiger partial charge in [-0.25, -0.2) is 0 Å². The van der Waals surface area contributed by atoms with Crippen molar-refractivity contribution < 1.29 is 44.2 Å². The molecule has 3 aromatic rings. The van der Waals surface area contributed by atoms with Gasteiger partial charge in [0.1, 0.15) is 12.2 Å². The van der Waals surface area contributed by atoms with E-state index < -0.39 is 17.7 Å². The molecule has 2 saturated carbocycles. The number of benzene rings is 2. The molecule has 7 rings (SSSR count). The minimum absolute atomic E-state index is 0.0189. The van der Waals surface area contributed by atoms with Crippen LogP contribution in [0.25, 0.3) is 0 Å². The van der Waals surface area contributed by atoms with E-state index in [-0.39, 0.29) is 71.5 Å². The smallest absolute Gasteiger partial charge is 0.302 e. The number of carbonyl (C=O) groups excluding carboxylic acids is 1. The summed E-state index contributed by atoms with van der Waals surface area (Å²) >= 11 is 0. The molecule has 0 amide bonds. The average Bonchev–Trinajstić information content (AvgIpc) is 3.19. The summed E-state index contributed by atoms with van der Waals surface area (Å²) < 4.78 is 25.7. The Labute approximate surface area is 341 Å². The monoisotopic (exact) mass is 822 g/mol. The molecule has 13 nitrogen and oxygen atoms in total. The third kappa shape index (κ3) is 10.2. The highest BCUT2D eigenvalue weighted by Gasteiger charge is 2.50. The van der Waals surface area contributed by atoms with Gasteiger partial charge < -0.3 is 50.4 Å². The fourth-order valence-corrected chi connectivity index (χ4v) is 12.4. The van der Waals surface area contributed by atoms with Gasteiger partial charge in [0.15, 0.2) is 29.0 Å². The summed E-state index contributed by atoms with van der Waals surface area (Å²) in [6.45, 7) is 2.16. The minimum Gasteiger partial charge on any atom is -0.504 e. The van der Waals surface area contributed by atoms with Gasteiger partial charge in [-0.15, -0.1) is 0 Å². The molecule has 0 unspecified atom stereocenters. The Hall–Kier alpha value is -4.05. The van der Waals surface area contributed by atoms with Crippen molar-refractivity contribution in [3.63, 3.8) is 0 Å². The van der Waals surface area contributed by atoms with E-state index in [4.69, 9.17) is 24.7 Å². The van der Waals surface area contributed by atoms with Crippen molar-refractivity contribution in [2.45, 2.75) is 106 Å². The van der Waals surface area contributed by atoms with Gasteiger partial charge in [0.25, 0.3) is 0 Å². The standard InChI is InChI=1S/C42H54N4O9S2/c1-25(48)53-35-21-34(28-19-33(50)39(51)37(20-28)52-16-11-26-5-3-13-44-23-26)55-40-30(35)8-10-38-31(40)17-27-7-9-32(49)36(18-27)54-29-6-2-12-42(22-29,24-56-57-38)46-41(43)45-14-4-15-47/h3,5,7,9,13,18-20,23,29-31,34-35,38,40,47,49-51H,2,4,6,8,10-12,14-17,21-22,24H2,1H3,(H3,43,45,46)/t29-,30-,31+,34-,35+,38-,40-,42+/m0/s1. The zero-order valence-corrected chi connectivity index (χ0v) is 33.9. The number of nitrogens with zero attached hydrogens (tertiary/aromatic N) is 2. The number of aliphatic imine (C=N–C) groups is 1. The van der Waals surface area contributed by atoms with E-state index in [9.17, 15) is 25.2 Å². The van der Waals surface area contributed by atoms with E-state index in [2.05, 4.69) is 15.3 Å². The highest BCUT2D eigenvalue weighted by molar-refractivity contribution is 8.77. The van der Waals surface area contributed by atoms with Crippen molar-refractivity contribution in [1.29, 1.82) is 0 Å². The number of rotatable bonds is 10. The lowest BCUT2D eigenvalue weighted by Gasteiger charge is -2.50. The normalized spacial score (nSPS) is 28.9. The van der Waals surface area contributed by atoms with Gasteiger partial charge >= 0.3 is 5.97 Å². The number of guanidine groups is 1. The fourth-order valence-electron chi connectivity index (χ4n) is 8.90. The molecular weight excluding hydrogens is 769 g/mol. The molecule has 0 spiro atoms. The van der Waals surface area contributed by atoms with E-state index in [1.165, 1.54) is 13.0 Å². The fraction of sp³-hybridized carbons (Fsp3) is 0.548. The average molecular weight is 823 g/mol. The summed E-state index contributed by atoms with van der Waals surface area (Å²) in [5, 5.41) is 45.7. The highest BCUT2D eigenvalue weighted by Crippen LogP contribution is 2.52. The van der Waals surface area contributed by atoms with E-state index >= 15 is 0 Å². The summed E-state index contributed by atoms with van der Waals surface area (Å²) in [6, 6.07) is 12.6. The number of pyridine rings is 1. The van der Waals surface area contributed by atoms with Gasteiger partial charge in [-0.2, -0.15) is 0 Å². The number of phenolic OH excluding ortho intramolecular Hbond substituents is 3. The third-order valence-electron chi connectivity index (χ3n) is 11.6. The largest absolute Gasteiger partial charge is 0.504 e. The van der Waals surface area contributed by atoms with Gasteiger partial charge in [-0.3, -0.25) is 14.8 Å². The topological polar surface area (TPSA) is 198 Å². The Balaban J connectivity index is 1.18. The molecule has 4 bridgehead atoms. The second-order valence-corrected chi connectivity index (χ2v) is 18.3. The second-order valence-electron chi connectivity index (χ2n) is 15.7. The molecule has 2 aliphatic heterocycles. The van der Waals surface area contributed by atoms with Crippen LogP contribution in [0.4, 0.5) is 0 Å². The molecule has 3 fully saturated rings. The summed E-state index contributed by atoms with van der Waals surface area (Å²) in [7, 11) is 3.67. The number of aliphatic hydroxyl groups excluding tert-OH is 1. The summed E-state index contributed by atoms with van der Waals surface area (Å²) in [4.78, 5) is 21.2. The van der Waals surface area contributed by atoms with Crippen LogP contribution < -0.4 is 20.5 Å².